The Labute approximate surface area is 242 Å². The SMILES string of the molecule is COc1ccccc1S(=O)(=O)N(C)C[C@@H]1Oc2cc(/C=C/c3ccccc3)ccc2S(=O)(=O)N([C@@H](C)CO)C[C@H]1C. The van der Waals surface area contributed by atoms with Gasteiger partial charge in [0.05, 0.1) is 20.3 Å². The summed E-state index contributed by atoms with van der Waals surface area (Å²) in [6, 6.07) is 20.2. The van der Waals surface area contributed by atoms with Gasteiger partial charge >= 0.3 is 0 Å². The zero-order chi connectivity index (χ0) is 29.8. The van der Waals surface area contributed by atoms with Crippen LogP contribution in [0.15, 0.2) is 82.6 Å². The van der Waals surface area contributed by atoms with Crippen LogP contribution in [0.5, 0.6) is 11.5 Å². The number of likely N-dealkylation sites (N-methyl/N-ethyl adjacent to an activating group) is 1. The summed E-state index contributed by atoms with van der Waals surface area (Å²) in [6.07, 6.45) is 3.06. The Kier molecular flexibility index (Phi) is 9.55. The Morgan fingerprint density at radius 3 is 2.41 bits per heavy atom. The summed E-state index contributed by atoms with van der Waals surface area (Å²) in [4.78, 5) is -0.0165. The summed E-state index contributed by atoms with van der Waals surface area (Å²) in [5.41, 5.74) is 1.69. The summed E-state index contributed by atoms with van der Waals surface area (Å²) in [6.45, 7) is 3.06. The molecule has 9 nitrogen and oxygen atoms in total. The van der Waals surface area contributed by atoms with Gasteiger partial charge in [-0.2, -0.15) is 8.61 Å². The van der Waals surface area contributed by atoms with Crippen LogP contribution >= 0.6 is 0 Å². The minimum atomic E-state index is -4.03. The number of hydrogen-bond acceptors (Lipinski definition) is 7. The van der Waals surface area contributed by atoms with Gasteiger partial charge in [0, 0.05) is 25.6 Å². The van der Waals surface area contributed by atoms with Gasteiger partial charge in [0.15, 0.2) is 0 Å². The molecule has 1 N–H and O–H groups in total. The zero-order valence-corrected chi connectivity index (χ0v) is 25.2. The molecule has 0 unspecified atom stereocenters. The molecule has 0 amide bonds. The summed E-state index contributed by atoms with van der Waals surface area (Å²) in [5, 5.41) is 9.89. The smallest absolute Gasteiger partial charge is 0.247 e. The largest absolute Gasteiger partial charge is 0.495 e. The molecule has 0 radical (unpaired) electrons. The highest BCUT2D eigenvalue weighted by Crippen LogP contribution is 2.35. The van der Waals surface area contributed by atoms with E-state index in [1.807, 2.05) is 49.4 Å². The highest BCUT2D eigenvalue weighted by atomic mass is 32.2. The first-order chi connectivity index (χ1) is 19.5. The Hall–Kier alpha value is -3.22. The van der Waals surface area contributed by atoms with Crippen molar-refractivity contribution in [3.05, 3.63) is 83.9 Å². The van der Waals surface area contributed by atoms with E-state index in [9.17, 15) is 21.9 Å². The molecule has 1 heterocycles. The summed E-state index contributed by atoms with van der Waals surface area (Å²) in [5.74, 6) is -0.0824. The molecule has 0 fully saturated rings. The van der Waals surface area contributed by atoms with Gasteiger partial charge in [-0.3, -0.25) is 0 Å². The lowest BCUT2D eigenvalue weighted by Crippen LogP contribution is -2.50. The fourth-order valence-electron chi connectivity index (χ4n) is 4.67. The number of ether oxygens (including phenoxy) is 2. The van der Waals surface area contributed by atoms with E-state index >= 15 is 0 Å². The molecule has 11 heteroatoms. The predicted octanol–water partition coefficient (Wildman–Crippen LogP) is 3.95. The number of hydrogen-bond donors (Lipinski definition) is 1. The third-order valence-electron chi connectivity index (χ3n) is 7.15. The molecule has 0 aromatic heterocycles. The van der Waals surface area contributed by atoms with Crippen LogP contribution in [0.3, 0.4) is 0 Å². The minimum absolute atomic E-state index is 0.0235. The van der Waals surface area contributed by atoms with Crippen molar-refractivity contribution in [2.75, 3.05) is 33.9 Å². The van der Waals surface area contributed by atoms with Gasteiger partial charge in [0.25, 0.3) is 0 Å². The zero-order valence-electron chi connectivity index (χ0n) is 23.5. The third kappa shape index (κ3) is 6.65. The van der Waals surface area contributed by atoms with Crippen molar-refractivity contribution in [1.29, 1.82) is 0 Å². The molecule has 4 rings (SSSR count). The summed E-state index contributed by atoms with van der Waals surface area (Å²) < 4.78 is 68.7. The van der Waals surface area contributed by atoms with Crippen LogP contribution < -0.4 is 9.47 Å². The lowest BCUT2D eigenvalue weighted by atomic mass is 10.0. The van der Waals surface area contributed by atoms with Gasteiger partial charge in [-0.15, -0.1) is 0 Å². The van der Waals surface area contributed by atoms with E-state index in [2.05, 4.69) is 0 Å². The van der Waals surface area contributed by atoms with E-state index < -0.39 is 38.1 Å². The first-order valence-electron chi connectivity index (χ1n) is 13.2. The van der Waals surface area contributed by atoms with Crippen LogP contribution in [0, 0.1) is 5.92 Å². The Bertz CT molecular complexity index is 1590. The van der Waals surface area contributed by atoms with Gasteiger partial charge in [-0.25, -0.2) is 16.8 Å². The lowest BCUT2D eigenvalue weighted by molar-refractivity contribution is 0.0904. The molecular weight excluding hydrogens is 564 g/mol. The number of aliphatic hydroxyl groups excluding tert-OH is 1. The van der Waals surface area contributed by atoms with Crippen LogP contribution in [0.25, 0.3) is 12.2 Å². The fourth-order valence-corrected chi connectivity index (χ4v) is 7.83. The molecule has 220 valence electrons. The average molecular weight is 601 g/mol. The maximum Gasteiger partial charge on any atom is 0.247 e. The van der Waals surface area contributed by atoms with Crippen LogP contribution in [0.1, 0.15) is 25.0 Å². The normalized spacial score (nSPS) is 20.1. The maximum absolute atomic E-state index is 13.8. The molecule has 0 saturated carbocycles. The van der Waals surface area contributed by atoms with Crippen LogP contribution in [-0.2, 0) is 20.0 Å². The van der Waals surface area contributed by atoms with Gasteiger partial charge in [0.1, 0.15) is 27.4 Å². The number of benzene rings is 3. The highest BCUT2D eigenvalue weighted by Gasteiger charge is 2.39. The quantitative estimate of drug-likeness (QED) is 0.370. The van der Waals surface area contributed by atoms with Crippen LogP contribution in [0.4, 0.5) is 0 Å². The van der Waals surface area contributed by atoms with Gasteiger partial charge in [0.2, 0.25) is 20.0 Å². The number of methoxy groups -OCH3 is 1. The van der Waals surface area contributed by atoms with E-state index in [0.717, 1.165) is 5.56 Å². The molecule has 41 heavy (non-hydrogen) atoms. The molecule has 3 aromatic carbocycles. The first-order valence-corrected chi connectivity index (χ1v) is 16.1. The second-order valence-electron chi connectivity index (χ2n) is 10.1. The van der Waals surface area contributed by atoms with Crippen molar-refractivity contribution < 1.29 is 31.4 Å². The van der Waals surface area contributed by atoms with Crippen molar-refractivity contribution in [3.63, 3.8) is 0 Å². The molecule has 1 aliphatic rings. The van der Waals surface area contributed by atoms with E-state index in [0.29, 0.717) is 5.56 Å². The Morgan fingerprint density at radius 2 is 1.73 bits per heavy atom. The van der Waals surface area contributed by atoms with E-state index in [-0.39, 0.29) is 41.0 Å². The van der Waals surface area contributed by atoms with Crippen molar-refractivity contribution >= 4 is 32.2 Å². The Balaban J connectivity index is 1.74. The van der Waals surface area contributed by atoms with Gasteiger partial charge in [-0.1, -0.05) is 67.6 Å². The van der Waals surface area contributed by atoms with Gasteiger partial charge < -0.3 is 14.6 Å². The van der Waals surface area contributed by atoms with Crippen molar-refractivity contribution in [2.45, 2.75) is 35.8 Å². The monoisotopic (exact) mass is 600 g/mol. The van der Waals surface area contributed by atoms with Crippen molar-refractivity contribution in [3.8, 4) is 11.5 Å². The average Bonchev–Trinajstić information content (AvgIpc) is 2.97. The molecule has 3 aromatic rings. The number of aliphatic hydroxyl groups is 1. The molecule has 0 bridgehead atoms. The van der Waals surface area contributed by atoms with Gasteiger partial charge in [-0.05, 0) is 42.3 Å². The lowest BCUT2D eigenvalue weighted by Gasteiger charge is -2.37. The number of fused-ring (bicyclic) bond motifs is 1. The van der Waals surface area contributed by atoms with Crippen molar-refractivity contribution in [1.82, 2.24) is 8.61 Å². The van der Waals surface area contributed by atoms with E-state index in [1.54, 1.807) is 37.3 Å². The second kappa shape index (κ2) is 12.7. The standard InChI is InChI=1S/C30H36N2O7S2/c1-22-19-32(23(2)21-33)41(36,37)30-17-16-25(15-14-24-10-6-5-7-11-24)18-27(30)39-28(22)20-31(3)40(34,35)29-13-9-8-12-26(29)38-4/h5-18,22-23,28,33H,19-21H2,1-4H3/b15-14+/t22-,23+,28+/m1/s1. The fraction of sp³-hybridized carbons (Fsp3) is 0.333. The third-order valence-corrected chi connectivity index (χ3v) is 11.0. The first kappa shape index (κ1) is 30.7. The number of rotatable bonds is 9. The van der Waals surface area contributed by atoms with E-state index in [4.69, 9.17) is 9.47 Å². The van der Waals surface area contributed by atoms with E-state index in [1.165, 1.54) is 34.9 Å². The molecule has 1 aliphatic heterocycles. The summed E-state index contributed by atoms with van der Waals surface area (Å²) in [7, 11) is -5.12. The molecular formula is C30H36N2O7S2. The summed E-state index contributed by atoms with van der Waals surface area (Å²) >= 11 is 0. The topological polar surface area (TPSA) is 113 Å². The molecule has 0 spiro atoms. The number of para-hydroxylation sites is 1. The number of nitrogens with zero attached hydrogens (tertiary/aromatic N) is 2. The highest BCUT2D eigenvalue weighted by molar-refractivity contribution is 7.89. The van der Waals surface area contributed by atoms with Crippen LogP contribution in [-0.4, -0.2) is 76.6 Å². The second-order valence-corrected chi connectivity index (χ2v) is 14.0. The number of sulfonamides is 2. The Morgan fingerprint density at radius 1 is 1.07 bits per heavy atom. The predicted molar refractivity (Wildman–Crippen MR) is 159 cm³/mol. The molecule has 0 aliphatic carbocycles. The minimum Gasteiger partial charge on any atom is -0.495 e. The maximum atomic E-state index is 13.8. The van der Waals surface area contributed by atoms with Crippen LogP contribution in [0.2, 0.25) is 0 Å². The van der Waals surface area contributed by atoms with Crippen molar-refractivity contribution in [2.24, 2.45) is 5.92 Å². The molecule has 0 saturated heterocycles. The molecule has 3 atom stereocenters.